The third-order valence-corrected chi connectivity index (χ3v) is 12.6. The molecule has 278 valence electrons. The zero-order valence-corrected chi connectivity index (χ0v) is 32.9. The van der Waals surface area contributed by atoms with Gasteiger partial charge in [-0.3, -0.25) is 0 Å². The number of hydrogen-bond acceptors (Lipinski definition) is 0. The monoisotopic (exact) mass is 758 g/mol. The lowest BCUT2D eigenvalue weighted by atomic mass is 9.82. The molecule has 0 aliphatic carbocycles. The average molecular weight is 759 g/mol. The molecule has 0 aromatic heterocycles. The van der Waals surface area contributed by atoms with Crippen LogP contribution in [0.5, 0.6) is 0 Å². The Bertz CT molecular complexity index is 3640. The van der Waals surface area contributed by atoms with Crippen LogP contribution in [0.2, 0.25) is 0 Å². The van der Waals surface area contributed by atoms with Crippen LogP contribution in [-0.2, 0) is 0 Å². The van der Waals surface area contributed by atoms with E-state index in [4.69, 9.17) is 0 Å². The first-order chi connectivity index (χ1) is 29.7. The van der Waals surface area contributed by atoms with Gasteiger partial charge in [-0.15, -0.1) is 0 Å². The molecule has 0 fully saturated rings. The molecular weight excluding hydrogens is 721 g/mol. The standard InChI is InChI=1S/C60H38/c1-2-15-42(16-3-1)55-35-45-20-8-9-21-46(45)36-56(55)48-30-32-54-53-31-29-47(52-24-12-22-41-17-10-11-23-51(41)52)37-57(53)59(49-27-25-39-13-4-6-18-43(39)33-49)60(58(54)38-48)50-28-26-40-14-5-7-19-44(40)34-50/h1-38H. The summed E-state index contributed by atoms with van der Waals surface area (Å²) in [6.07, 6.45) is 0. The molecule has 0 saturated heterocycles. The molecule has 12 rings (SSSR count). The van der Waals surface area contributed by atoms with Gasteiger partial charge in [0, 0.05) is 0 Å². The van der Waals surface area contributed by atoms with E-state index in [0.717, 1.165) is 0 Å². The molecule has 0 aliphatic rings. The third-order valence-electron chi connectivity index (χ3n) is 12.6. The highest BCUT2D eigenvalue weighted by molar-refractivity contribution is 6.24. The first kappa shape index (κ1) is 34.3. The van der Waals surface area contributed by atoms with E-state index in [9.17, 15) is 0 Å². The first-order valence-electron chi connectivity index (χ1n) is 20.8. The minimum Gasteiger partial charge on any atom is -0.0622 e. The zero-order chi connectivity index (χ0) is 39.6. The minimum atomic E-state index is 1.20. The maximum absolute atomic E-state index is 2.47. The molecule has 0 heteroatoms. The molecule has 0 bridgehead atoms. The van der Waals surface area contributed by atoms with Crippen LogP contribution in [0.3, 0.4) is 0 Å². The van der Waals surface area contributed by atoms with Crippen molar-refractivity contribution in [1.82, 2.24) is 0 Å². The number of fused-ring (bicyclic) bond motifs is 7. The van der Waals surface area contributed by atoms with Gasteiger partial charge >= 0.3 is 0 Å². The van der Waals surface area contributed by atoms with Crippen molar-refractivity contribution in [3.8, 4) is 55.6 Å². The summed E-state index contributed by atoms with van der Waals surface area (Å²) in [6, 6.07) is 85.5. The van der Waals surface area contributed by atoms with Crippen molar-refractivity contribution < 1.29 is 0 Å². The molecule has 0 saturated carbocycles. The van der Waals surface area contributed by atoms with Crippen molar-refractivity contribution in [2.45, 2.75) is 0 Å². The Morgan fingerprint density at radius 3 is 1.15 bits per heavy atom. The van der Waals surface area contributed by atoms with Gasteiger partial charge in [-0.05, 0) is 157 Å². The van der Waals surface area contributed by atoms with Crippen molar-refractivity contribution in [2.24, 2.45) is 0 Å². The Balaban J connectivity index is 1.23. The highest BCUT2D eigenvalue weighted by Crippen LogP contribution is 2.48. The molecule has 0 N–H and O–H groups in total. The van der Waals surface area contributed by atoms with Gasteiger partial charge in [-0.2, -0.15) is 0 Å². The maximum atomic E-state index is 2.47. The van der Waals surface area contributed by atoms with Gasteiger partial charge in [0.1, 0.15) is 0 Å². The molecular formula is C60H38. The lowest BCUT2D eigenvalue weighted by Crippen LogP contribution is -1.94. The van der Waals surface area contributed by atoms with E-state index >= 15 is 0 Å². The van der Waals surface area contributed by atoms with Crippen LogP contribution >= 0.6 is 0 Å². The molecule has 0 radical (unpaired) electrons. The van der Waals surface area contributed by atoms with Crippen LogP contribution in [0.25, 0.3) is 120 Å². The van der Waals surface area contributed by atoms with Gasteiger partial charge in [0.15, 0.2) is 0 Å². The molecule has 60 heavy (non-hydrogen) atoms. The SMILES string of the molecule is c1ccc(-c2cc3ccccc3cc2-c2ccc3c(c2)c(-c2ccc4ccccc4c2)c(-c2ccc4ccccc4c2)c2cc(-c4cccc5ccccc45)ccc23)cc1. The quantitative estimate of drug-likeness (QED) is 0.153. The van der Waals surface area contributed by atoms with E-state index in [2.05, 4.69) is 231 Å². The summed E-state index contributed by atoms with van der Waals surface area (Å²) >= 11 is 0. The van der Waals surface area contributed by atoms with E-state index in [1.807, 2.05) is 0 Å². The highest BCUT2D eigenvalue weighted by atomic mass is 14.2. The second-order valence-corrected chi connectivity index (χ2v) is 16.0. The molecule has 0 atom stereocenters. The van der Waals surface area contributed by atoms with Crippen molar-refractivity contribution in [3.05, 3.63) is 231 Å². The van der Waals surface area contributed by atoms with Gasteiger partial charge in [-0.1, -0.05) is 194 Å². The fourth-order valence-corrected chi connectivity index (χ4v) is 9.68. The Hall–Kier alpha value is -7.80. The second kappa shape index (κ2) is 13.9. The van der Waals surface area contributed by atoms with Crippen LogP contribution in [0.1, 0.15) is 0 Å². The van der Waals surface area contributed by atoms with Crippen molar-refractivity contribution in [3.63, 3.8) is 0 Å². The van der Waals surface area contributed by atoms with E-state index in [-0.39, 0.29) is 0 Å². The highest BCUT2D eigenvalue weighted by Gasteiger charge is 2.21. The van der Waals surface area contributed by atoms with Gasteiger partial charge in [-0.25, -0.2) is 0 Å². The van der Waals surface area contributed by atoms with Crippen molar-refractivity contribution >= 4 is 64.6 Å². The van der Waals surface area contributed by atoms with Crippen LogP contribution < -0.4 is 0 Å². The second-order valence-electron chi connectivity index (χ2n) is 16.0. The molecule has 0 unspecified atom stereocenters. The average Bonchev–Trinajstić information content (AvgIpc) is 3.32. The summed E-state index contributed by atoms with van der Waals surface area (Å²) in [6.45, 7) is 0. The smallest absolute Gasteiger partial charge is 0.00199 e. The summed E-state index contributed by atoms with van der Waals surface area (Å²) in [7, 11) is 0. The molecule has 0 aliphatic heterocycles. The first-order valence-corrected chi connectivity index (χ1v) is 20.8. The summed E-state index contributed by atoms with van der Waals surface area (Å²) in [4.78, 5) is 0. The largest absolute Gasteiger partial charge is 0.0622 e. The Morgan fingerprint density at radius 2 is 0.583 bits per heavy atom. The lowest BCUT2D eigenvalue weighted by Gasteiger charge is -2.21. The minimum absolute atomic E-state index is 1.20. The van der Waals surface area contributed by atoms with Crippen LogP contribution in [0.15, 0.2) is 231 Å². The fraction of sp³-hybridized carbons (Fsp3) is 0. The predicted molar refractivity (Wildman–Crippen MR) is 259 cm³/mol. The Kier molecular flexibility index (Phi) is 7.96. The van der Waals surface area contributed by atoms with Gasteiger partial charge in [0.25, 0.3) is 0 Å². The van der Waals surface area contributed by atoms with E-state index in [1.165, 1.54) is 120 Å². The molecule has 0 amide bonds. The summed E-state index contributed by atoms with van der Waals surface area (Å²) in [5, 5.41) is 14.9. The van der Waals surface area contributed by atoms with Gasteiger partial charge in [0.05, 0.1) is 0 Å². The molecule has 0 nitrogen and oxygen atoms in total. The topological polar surface area (TPSA) is 0 Å². The normalized spacial score (nSPS) is 11.7. The fourth-order valence-electron chi connectivity index (χ4n) is 9.68. The predicted octanol–water partition coefficient (Wildman–Crippen LogP) is 16.9. The summed E-state index contributed by atoms with van der Waals surface area (Å²) in [5.41, 5.74) is 12.2. The third kappa shape index (κ3) is 5.69. The Morgan fingerprint density at radius 1 is 0.167 bits per heavy atom. The van der Waals surface area contributed by atoms with Crippen LogP contribution in [0.4, 0.5) is 0 Å². The van der Waals surface area contributed by atoms with Crippen molar-refractivity contribution in [2.75, 3.05) is 0 Å². The number of hydrogen-bond donors (Lipinski definition) is 0. The molecule has 12 aromatic carbocycles. The summed E-state index contributed by atoms with van der Waals surface area (Å²) < 4.78 is 0. The maximum Gasteiger partial charge on any atom is -0.00199 e. The summed E-state index contributed by atoms with van der Waals surface area (Å²) in [5.74, 6) is 0. The molecule has 0 spiro atoms. The van der Waals surface area contributed by atoms with Gasteiger partial charge < -0.3 is 0 Å². The molecule has 12 aromatic rings. The van der Waals surface area contributed by atoms with Crippen LogP contribution in [-0.4, -0.2) is 0 Å². The zero-order valence-electron chi connectivity index (χ0n) is 32.9. The number of rotatable bonds is 5. The van der Waals surface area contributed by atoms with E-state index in [1.54, 1.807) is 0 Å². The van der Waals surface area contributed by atoms with E-state index < -0.39 is 0 Å². The number of benzene rings is 12. The van der Waals surface area contributed by atoms with Gasteiger partial charge in [0.2, 0.25) is 0 Å². The van der Waals surface area contributed by atoms with Crippen molar-refractivity contribution in [1.29, 1.82) is 0 Å². The lowest BCUT2D eigenvalue weighted by molar-refractivity contribution is 1.61. The van der Waals surface area contributed by atoms with E-state index in [0.29, 0.717) is 0 Å². The van der Waals surface area contributed by atoms with Crippen LogP contribution in [0, 0.1) is 0 Å². The molecule has 0 heterocycles. The Labute approximate surface area is 349 Å².